The molecule has 0 aliphatic carbocycles. The Morgan fingerprint density at radius 2 is 1.25 bits per heavy atom. The number of ether oxygens (including phenoxy) is 2. The van der Waals surface area contributed by atoms with Gasteiger partial charge in [0.1, 0.15) is 57.5 Å². The molecule has 0 aliphatic heterocycles. The molecule has 0 bridgehead atoms. The van der Waals surface area contributed by atoms with Gasteiger partial charge in [-0.25, -0.2) is 39.5 Å². The van der Waals surface area contributed by atoms with Crippen molar-refractivity contribution in [3.8, 4) is 45.6 Å². The second-order valence-corrected chi connectivity index (χ2v) is 12.7. The summed E-state index contributed by atoms with van der Waals surface area (Å²) in [5.41, 5.74) is -2.14. The number of benzene rings is 6. The van der Waals surface area contributed by atoms with Crippen LogP contribution in [0.25, 0.3) is 33.0 Å². The molecule has 0 N–H and O–H groups in total. The Bertz CT molecular complexity index is 2530. The molecule has 0 atom stereocenters. The molecule has 0 fully saturated rings. The Kier molecular flexibility index (Phi) is 11.3. The summed E-state index contributed by atoms with van der Waals surface area (Å²) >= 11 is 0. The first kappa shape index (κ1) is 39.7. The van der Waals surface area contributed by atoms with Crippen molar-refractivity contribution in [1.82, 2.24) is 0 Å². The fraction of sp³-hybridized carbons (Fsp3) is 0.163. The van der Waals surface area contributed by atoms with E-state index < -0.39 is 91.7 Å². The number of rotatable bonds is 10. The van der Waals surface area contributed by atoms with Crippen molar-refractivity contribution >= 4 is 10.8 Å². The highest BCUT2D eigenvalue weighted by Gasteiger charge is 2.41. The number of methoxy groups -OCH3 is 1. The van der Waals surface area contributed by atoms with Crippen LogP contribution in [0.1, 0.15) is 48.4 Å². The molecule has 6 aromatic carbocycles. The monoisotopic (exact) mass is 784 g/mol. The molecule has 0 saturated carbocycles. The van der Waals surface area contributed by atoms with Crippen LogP contribution in [-0.2, 0) is 12.5 Å². The number of hydrogen-bond acceptors (Lipinski definition) is 2. The highest BCUT2D eigenvalue weighted by atomic mass is 19.3. The zero-order valence-corrected chi connectivity index (χ0v) is 29.3. The highest BCUT2D eigenvalue weighted by Crippen LogP contribution is 2.40. The molecule has 288 valence electrons. The number of alkyl halides is 2. The number of hydrogen-bond donors (Lipinski definition) is 0. The molecule has 0 aromatic heterocycles. The first-order valence-corrected chi connectivity index (χ1v) is 16.9. The Labute approximate surface area is 313 Å². The minimum Gasteiger partial charge on any atom is -0.495 e. The maximum Gasteiger partial charge on any atom is 0.432 e. The summed E-state index contributed by atoms with van der Waals surface area (Å²) in [6, 6.07) is 11.7. The van der Waals surface area contributed by atoms with Gasteiger partial charge in [0, 0.05) is 22.8 Å². The van der Waals surface area contributed by atoms with E-state index in [-0.39, 0.29) is 34.1 Å². The molecule has 0 amide bonds. The van der Waals surface area contributed by atoms with E-state index in [1.165, 1.54) is 31.4 Å². The van der Waals surface area contributed by atoms with Gasteiger partial charge in [0.2, 0.25) is 0 Å². The normalized spacial score (nSPS) is 11.4. The quantitative estimate of drug-likeness (QED) is 0.0596. The molecule has 6 rings (SSSR count). The lowest BCUT2D eigenvalue weighted by Crippen LogP contribution is -2.25. The first-order valence-electron chi connectivity index (χ1n) is 16.9. The molecule has 56 heavy (non-hydrogen) atoms. The van der Waals surface area contributed by atoms with Crippen molar-refractivity contribution < 1.29 is 57.8 Å². The molecule has 0 spiro atoms. The Morgan fingerprint density at radius 1 is 0.589 bits per heavy atom. The molecule has 2 nitrogen and oxygen atoms in total. The van der Waals surface area contributed by atoms with E-state index in [1.54, 1.807) is 6.07 Å². The third-order valence-electron chi connectivity index (χ3n) is 8.87. The summed E-state index contributed by atoms with van der Waals surface area (Å²) < 4.78 is 172. The Hall–Kier alpha value is -6.03. The molecular formula is C43H27F11O2. The molecule has 13 heteroatoms. The van der Waals surface area contributed by atoms with Crippen molar-refractivity contribution in [2.45, 2.75) is 38.7 Å². The smallest absolute Gasteiger partial charge is 0.432 e. The summed E-state index contributed by atoms with van der Waals surface area (Å²) in [6.07, 6.45) is -1.30. The van der Waals surface area contributed by atoms with Gasteiger partial charge in [-0.3, -0.25) is 0 Å². The summed E-state index contributed by atoms with van der Waals surface area (Å²) in [7, 11) is 1.38. The van der Waals surface area contributed by atoms with Crippen molar-refractivity contribution in [2.75, 3.05) is 7.11 Å². The van der Waals surface area contributed by atoms with Crippen LogP contribution in [-0.4, -0.2) is 7.11 Å². The second-order valence-electron chi connectivity index (χ2n) is 12.7. The van der Waals surface area contributed by atoms with Crippen LogP contribution in [0, 0.1) is 64.2 Å². The van der Waals surface area contributed by atoms with E-state index in [4.69, 9.17) is 4.74 Å². The summed E-state index contributed by atoms with van der Waals surface area (Å²) in [4.78, 5) is 0. The average molecular weight is 785 g/mol. The van der Waals surface area contributed by atoms with Gasteiger partial charge in [-0.05, 0) is 89.5 Å². The number of unbranched alkanes of at least 4 members (excludes halogenated alkanes) is 2. The van der Waals surface area contributed by atoms with Gasteiger partial charge in [0.15, 0.2) is 17.5 Å². The van der Waals surface area contributed by atoms with E-state index in [0.29, 0.717) is 30.7 Å². The lowest BCUT2D eigenvalue weighted by Gasteiger charge is -2.20. The Balaban J connectivity index is 1.23. The maximum absolute atomic E-state index is 15.4. The fourth-order valence-corrected chi connectivity index (χ4v) is 6.15. The van der Waals surface area contributed by atoms with Gasteiger partial charge in [-0.1, -0.05) is 49.8 Å². The van der Waals surface area contributed by atoms with E-state index >= 15 is 26.3 Å². The van der Waals surface area contributed by atoms with E-state index in [9.17, 15) is 22.0 Å². The van der Waals surface area contributed by atoms with Crippen molar-refractivity contribution in [3.05, 3.63) is 153 Å². The summed E-state index contributed by atoms with van der Waals surface area (Å²) in [5.74, 6) is -9.20. The van der Waals surface area contributed by atoms with Crippen LogP contribution >= 0.6 is 0 Å². The molecule has 6 aromatic rings. The molecule has 0 unspecified atom stereocenters. The number of fused-ring (bicyclic) bond motifs is 1. The van der Waals surface area contributed by atoms with E-state index in [0.717, 1.165) is 43.0 Å². The van der Waals surface area contributed by atoms with Crippen LogP contribution in [0.2, 0.25) is 0 Å². The summed E-state index contributed by atoms with van der Waals surface area (Å²) in [5, 5.41) is -1.80. The number of halogens is 11. The zero-order valence-electron chi connectivity index (χ0n) is 29.3. The lowest BCUT2D eigenvalue weighted by molar-refractivity contribution is -0.189. The molecule has 0 saturated heterocycles. The third kappa shape index (κ3) is 8.01. The predicted molar refractivity (Wildman–Crippen MR) is 188 cm³/mol. The van der Waals surface area contributed by atoms with Gasteiger partial charge >= 0.3 is 6.11 Å². The zero-order chi connectivity index (χ0) is 40.5. The highest BCUT2D eigenvalue weighted by molar-refractivity contribution is 5.85. The Morgan fingerprint density at radius 3 is 1.91 bits per heavy atom. The van der Waals surface area contributed by atoms with Crippen molar-refractivity contribution in [1.29, 1.82) is 0 Å². The van der Waals surface area contributed by atoms with Crippen molar-refractivity contribution in [2.24, 2.45) is 0 Å². The van der Waals surface area contributed by atoms with Crippen LogP contribution in [0.4, 0.5) is 48.3 Å². The van der Waals surface area contributed by atoms with Crippen LogP contribution in [0.5, 0.6) is 11.5 Å². The molecule has 0 aliphatic rings. The average Bonchev–Trinajstić information content (AvgIpc) is 3.12. The van der Waals surface area contributed by atoms with Gasteiger partial charge in [-0.15, -0.1) is 0 Å². The third-order valence-corrected chi connectivity index (χ3v) is 8.87. The van der Waals surface area contributed by atoms with E-state index in [2.05, 4.69) is 23.5 Å². The predicted octanol–water partition coefficient (Wildman–Crippen LogP) is 12.7. The number of aryl methyl sites for hydroxylation is 1. The van der Waals surface area contributed by atoms with Gasteiger partial charge in [0.25, 0.3) is 0 Å². The molecular weight excluding hydrogens is 757 g/mol. The maximum atomic E-state index is 15.4. The standard InChI is InChI=1S/C43H27F11O2/c1-3-4-5-6-23-14-32(45)30(38(15-23)55-2)11-8-22-7-10-28(31(44)13-22)24-9-12-29(33(46)17-24)25-18-35(48)40(36(49)19-25)43(53,54)56-27-16-26-20-37(50)41(51)42(52)39(26)34(47)21-27/h7,9-10,12-21H,3-6H2,1-2H3. The van der Waals surface area contributed by atoms with Crippen LogP contribution < -0.4 is 9.47 Å². The largest absolute Gasteiger partial charge is 0.495 e. The van der Waals surface area contributed by atoms with Gasteiger partial charge < -0.3 is 9.47 Å². The van der Waals surface area contributed by atoms with Gasteiger partial charge in [-0.2, -0.15) is 8.78 Å². The fourth-order valence-electron chi connectivity index (χ4n) is 6.15. The first-order chi connectivity index (χ1) is 26.6. The van der Waals surface area contributed by atoms with Crippen LogP contribution in [0.3, 0.4) is 0 Å². The van der Waals surface area contributed by atoms with E-state index in [1.807, 2.05) is 0 Å². The lowest BCUT2D eigenvalue weighted by atomic mass is 9.97. The molecule has 0 heterocycles. The summed E-state index contributed by atoms with van der Waals surface area (Å²) in [6.45, 7) is 2.06. The molecule has 0 radical (unpaired) electrons. The minimum atomic E-state index is -4.85. The van der Waals surface area contributed by atoms with Crippen LogP contribution in [0.15, 0.2) is 78.9 Å². The minimum absolute atomic E-state index is 0.00255. The van der Waals surface area contributed by atoms with Gasteiger partial charge in [0.05, 0.1) is 12.5 Å². The second kappa shape index (κ2) is 16.0. The SMILES string of the molecule is CCCCCc1cc(F)c(C#Cc2ccc(-c3ccc(-c4cc(F)c(C(F)(F)Oc5cc(F)c6c(F)c(F)c(F)cc6c5)c(F)c4)c(F)c3)c(F)c2)c(OC)c1. The van der Waals surface area contributed by atoms with Crippen molar-refractivity contribution in [3.63, 3.8) is 0 Å². The topological polar surface area (TPSA) is 18.5 Å².